The van der Waals surface area contributed by atoms with Crippen molar-refractivity contribution in [1.82, 2.24) is 5.32 Å². The van der Waals surface area contributed by atoms with Gasteiger partial charge < -0.3 is 5.32 Å². The van der Waals surface area contributed by atoms with Crippen LogP contribution in [-0.4, -0.2) is 12.6 Å². The van der Waals surface area contributed by atoms with Gasteiger partial charge in [0.2, 0.25) is 0 Å². The molecule has 0 aromatic heterocycles. The molecule has 0 amide bonds. The molecule has 2 nitrogen and oxygen atoms in total. The summed E-state index contributed by atoms with van der Waals surface area (Å²) in [6.45, 7) is -3.14. The molecule has 1 aliphatic rings. The first kappa shape index (κ1) is 8.13. The van der Waals surface area contributed by atoms with Crippen molar-refractivity contribution in [3.05, 3.63) is 24.4 Å². The van der Waals surface area contributed by atoms with Gasteiger partial charge in [-0.3, -0.25) is 4.74 Å². The molecule has 1 rings (SSSR count). The Balaban J connectivity index is 2.54. The Bertz CT molecular complexity index is 192. The fourth-order valence-corrected chi connectivity index (χ4v) is 0.648. The van der Waals surface area contributed by atoms with Gasteiger partial charge in [-0.1, -0.05) is 6.08 Å². The van der Waals surface area contributed by atoms with E-state index in [-0.39, 0.29) is 0 Å². The topological polar surface area (TPSA) is 21.3 Å². The van der Waals surface area contributed by atoms with Gasteiger partial charge in [0.15, 0.2) is 0 Å². The quantitative estimate of drug-likeness (QED) is 0.626. The van der Waals surface area contributed by atoms with E-state index < -0.39 is 12.6 Å². The maximum Gasteiger partial charge on any atom is 0.349 e. The molecule has 0 aromatic rings. The Hall–Kier alpha value is -0.970. The molecule has 1 aliphatic heterocycles. The fraction of sp³-hybridized carbons (Fsp3) is 0.333. The third-order valence-corrected chi connectivity index (χ3v) is 1.06. The summed E-state index contributed by atoms with van der Waals surface area (Å²) in [7, 11) is 0. The van der Waals surface area contributed by atoms with Gasteiger partial charge in [0.05, 0.1) is 0 Å². The number of nitrogens with one attached hydrogen (secondary N) is 1. The number of hydrogen-bond acceptors (Lipinski definition) is 2. The molecule has 62 valence electrons. The van der Waals surface area contributed by atoms with E-state index in [0.29, 0.717) is 0 Å². The monoisotopic (exact) mass is 165 g/mol. The number of hydrogen-bond donors (Lipinski definition) is 1. The van der Waals surface area contributed by atoms with Crippen molar-refractivity contribution in [3.63, 3.8) is 0 Å². The van der Waals surface area contributed by atoms with E-state index in [1.807, 2.05) is 5.32 Å². The lowest BCUT2D eigenvalue weighted by molar-refractivity contribution is -0.246. The highest BCUT2D eigenvalue weighted by atomic mass is 19.3. The van der Waals surface area contributed by atoms with Gasteiger partial charge >= 0.3 is 12.6 Å². The zero-order valence-electron chi connectivity index (χ0n) is 5.43. The molecule has 0 radical (unpaired) electrons. The molecule has 0 fully saturated rings. The van der Waals surface area contributed by atoms with E-state index in [1.54, 1.807) is 0 Å². The Labute approximate surface area is 61.3 Å². The van der Waals surface area contributed by atoms with E-state index in [0.717, 1.165) is 6.08 Å². The summed E-state index contributed by atoms with van der Waals surface area (Å²) in [6, 6.07) is 0. The minimum atomic E-state index is -3.14. The maximum absolute atomic E-state index is 12.9. The molecule has 0 bridgehead atoms. The zero-order valence-corrected chi connectivity index (χ0v) is 5.43. The molecule has 5 heteroatoms. The van der Waals surface area contributed by atoms with Crippen molar-refractivity contribution in [2.75, 3.05) is 0 Å². The van der Waals surface area contributed by atoms with Gasteiger partial charge in [-0.2, -0.15) is 13.2 Å². The van der Waals surface area contributed by atoms with Gasteiger partial charge in [0.25, 0.3) is 0 Å². The SMILES string of the molecule is FC(F)OC1(F)C=CC=CN1. The number of halogens is 3. The molecule has 0 aromatic carbocycles. The normalized spacial score (nSPS) is 29.1. The molecule has 1 N–H and O–H groups in total. The molecule has 1 heterocycles. The second-order valence-corrected chi connectivity index (χ2v) is 1.89. The average molecular weight is 165 g/mol. The third kappa shape index (κ3) is 2.27. The predicted octanol–water partition coefficient (Wildman–Crippen LogP) is 1.52. The molecule has 0 spiro atoms. The van der Waals surface area contributed by atoms with Crippen LogP contribution in [0.15, 0.2) is 24.4 Å². The van der Waals surface area contributed by atoms with Crippen LogP contribution in [0.2, 0.25) is 0 Å². The van der Waals surface area contributed by atoms with E-state index in [1.165, 1.54) is 18.4 Å². The van der Waals surface area contributed by atoms with Gasteiger partial charge in [-0.15, -0.1) is 0 Å². The van der Waals surface area contributed by atoms with Crippen LogP contribution in [0.1, 0.15) is 0 Å². The van der Waals surface area contributed by atoms with Crippen LogP contribution in [0.3, 0.4) is 0 Å². The number of allylic oxidation sites excluding steroid dienone is 2. The lowest BCUT2D eigenvalue weighted by atomic mass is 10.3. The van der Waals surface area contributed by atoms with Gasteiger partial charge in [0, 0.05) is 12.3 Å². The van der Waals surface area contributed by atoms with E-state index in [9.17, 15) is 13.2 Å². The van der Waals surface area contributed by atoms with Crippen LogP contribution < -0.4 is 5.32 Å². The largest absolute Gasteiger partial charge is 0.349 e. The van der Waals surface area contributed by atoms with E-state index in [4.69, 9.17) is 0 Å². The number of dihydropyridines is 1. The first-order valence-corrected chi connectivity index (χ1v) is 2.89. The Morgan fingerprint density at radius 1 is 1.36 bits per heavy atom. The number of ether oxygens (including phenoxy) is 1. The third-order valence-electron chi connectivity index (χ3n) is 1.06. The van der Waals surface area contributed by atoms with Gasteiger partial charge in [-0.25, -0.2) is 0 Å². The highest BCUT2D eigenvalue weighted by molar-refractivity contribution is 5.12. The van der Waals surface area contributed by atoms with Crippen LogP contribution in [0.4, 0.5) is 13.2 Å². The van der Waals surface area contributed by atoms with Crippen LogP contribution in [0, 0.1) is 0 Å². The average Bonchev–Trinajstić information content (AvgIpc) is 1.85. The summed E-state index contributed by atoms with van der Waals surface area (Å²) < 4.78 is 39.5. The highest BCUT2D eigenvalue weighted by Gasteiger charge is 2.30. The summed E-state index contributed by atoms with van der Waals surface area (Å²) in [4.78, 5) is 0. The van der Waals surface area contributed by atoms with Gasteiger partial charge in [-0.05, 0) is 6.08 Å². The van der Waals surface area contributed by atoms with E-state index in [2.05, 4.69) is 4.74 Å². The Morgan fingerprint density at radius 2 is 2.09 bits per heavy atom. The Kier molecular flexibility index (Phi) is 2.19. The van der Waals surface area contributed by atoms with Crippen LogP contribution >= 0.6 is 0 Å². The second kappa shape index (κ2) is 2.96. The van der Waals surface area contributed by atoms with Crippen molar-refractivity contribution in [2.45, 2.75) is 12.6 Å². The summed E-state index contributed by atoms with van der Waals surface area (Å²) >= 11 is 0. The molecule has 0 aliphatic carbocycles. The summed E-state index contributed by atoms with van der Waals surface area (Å²) in [5, 5.41) is 1.99. The molecular weight excluding hydrogens is 159 g/mol. The van der Waals surface area contributed by atoms with Crippen molar-refractivity contribution in [1.29, 1.82) is 0 Å². The Morgan fingerprint density at radius 3 is 2.55 bits per heavy atom. The van der Waals surface area contributed by atoms with Crippen molar-refractivity contribution < 1.29 is 17.9 Å². The van der Waals surface area contributed by atoms with Crippen molar-refractivity contribution >= 4 is 0 Å². The van der Waals surface area contributed by atoms with Crippen molar-refractivity contribution in [3.8, 4) is 0 Å². The first-order chi connectivity index (χ1) is 5.12. The summed E-state index contributed by atoms with van der Waals surface area (Å²) in [5.41, 5.74) is 0. The first-order valence-electron chi connectivity index (χ1n) is 2.89. The second-order valence-electron chi connectivity index (χ2n) is 1.89. The lowest BCUT2D eigenvalue weighted by Crippen LogP contribution is -2.40. The van der Waals surface area contributed by atoms with Gasteiger partial charge in [0.1, 0.15) is 0 Å². The predicted molar refractivity (Wildman–Crippen MR) is 32.3 cm³/mol. The molecule has 1 unspecified atom stereocenters. The standard InChI is InChI=1S/C6H6F3NO/c7-5(8)11-6(9)3-1-2-4-10-6/h1-5,10H. The van der Waals surface area contributed by atoms with Crippen LogP contribution in [0.5, 0.6) is 0 Å². The maximum atomic E-state index is 12.9. The minimum Gasteiger partial charge on any atom is -0.334 e. The molecular formula is C6H6F3NO. The summed E-state index contributed by atoms with van der Waals surface area (Å²) in [6.07, 6.45) is 4.78. The zero-order chi connectivity index (χ0) is 8.32. The lowest BCUT2D eigenvalue weighted by Gasteiger charge is -2.22. The van der Waals surface area contributed by atoms with Crippen LogP contribution in [0.25, 0.3) is 0 Å². The smallest absolute Gasteiger partial charge is 0.334 e. The van der Waals surface area contributed by atoms with Crippen molar-refractivity contribution in [2.24, 2.45) is 0 Å². The minimum absolute atomic E-state index is 0.860. The molecule has 1 atom stereocenters. The number of alkyl halides is 3. The molecule has 11 heavy (non-hydrogen) atoms. The summed E-state index contributed by atoms with van der Waals surface area (Å²) in [5.74, 6) is -2.57. The van der Waals surface area contributed by atoms with Crippen LogP contribution in [-0.2, 0) is 4.74 Å². The molecule has 0 saturated heterocycles. The molecule has 0 saturated carbocycles. The highest BCUT2D eigenvalue weighted by Crippen LogP contribution is 2.17. The van der Waals surface area contributed by atoms with E-state index >= 15 is 0 Å². The fourth-order valence-electron chi connectivity index (χ4n) is 0.648. The number of rotatable bonds is 2.